The minimum absolute atomic E-state index is 0.168. The third kappa shape index (κ3) is 3.69. The van der Waals surface area contributed by atoms with Gasteiger partial charge in [0.05, 0.1) is 19.8 Å². The predicted molar refractivity (Wildman–Crippen MR) is 71.4 cm³/mol. The summed E-state index contributed by atoms with van der Waals surface area (Å²) in [6.45, 7) is 8.60. The number of carbonyl (C=O) groups is 1. The molecule has 2 unspecified atom stereocenters. The zero-order valence-electron chi connectivity index (χ0n) is 12.3. The maximum atomic E-state index is 12.2. The molecule has 18 heavy (non-hydrogen) atoms. The van der Waals surface area contributed by atoms with Gasteiger partial charge in [-0.2, -0.15) is 0 Å². The first-order valence-corrected chi connectivity index (χ1v) is 6.94. The standard InChI is InChI=1S/C14H27NO3/c1-6-11(4)18-9-14(12-7-8-12,13(16)17-5)15-10(2)3/h10-12,15H,6-9H2,1-5H3. The number of hydrogen-bond acceptors (Lipinski definition) is 4. The quantitative estimate of drug-likeness (QED) is 0.677. The van der Waals surface area contributed by atoms with Crippen LogP contribution < -0.4 is 5.32 Å². The Bertz CT molecular complexity index is 276. The fourth-order valence-corrected chi connectivity index (χ4v) is 2.23. The predicted octanol–water partition coefficient (Wildman–Crippen LogP) is 2.12. The van der Waals surface area contributed by atoms with Gasteiger partial charge in [-0.25, -0.2) is 4.79 Å². The number of carbonyl (C=O) groups excluding carboxylic acids is 1. The van der Waals surface area contributed by atoms with Gasteiger partial charge in [-0.15, -0.1) is 0 Å². The lowest BCUT2D eigenvalue weighted by Crippen LogP contribution is -2.60. The van der Waals surface area contributed by atoms with E-state index < -0.39 is 5.54 Å². The van der Waals surface area contributed by atoms with E-state index in [4.69, 9.17) is 9.47 Å². The maximum absolute atomic E-state index is 12.2. The summed E-state index contributed by atoms with van der Waals surface area (Å²) in [4.78, 5) is 12.2. The Morgan fingerprint density at radius 1 is 1.39 bits per heavy atom. The smallest absolute Gasteiger partial charge is 0.328 e. The Kier molecular flexibility index (Phi) is 5.60. The summed E-state index contributed by atoms with van der Waals surface area (Å²) in [5, 5.41) is 3.39. The van der Waals surface area contributed by atoms with Crippen molar-refractivity contribution in [2.75, 3.05) is 13.7 Å². The minimum atomic E-state index is -0.660. The molecule has 0 aliphatic heterocycles. The van der Waals surface area contributed by atoms with E-state index in [2.05, 4.69) is 12.2 Å². The summed E-state index contributed by atoms with van der Waals surface area (Å²) in [5.74, 6) is 0.151. The van der Waals surface area contributed by atoms with Crippen molar-refractivity contribution >= 4 is 5.97 Å². The van der Waals surface area contributed by atoms with Gasteiger partial charge in [0.1, 0.15) is 5.54 Å². The molecule has 0 saturated heterocycles. The monoisotopic (exact) mass is 257 g/mol. The molecule has 1 fully saturated rings. The zero-order valence-corrected chi connectivity index (χ0v) is 12.3. The van der Waals surface area contributed by atoms with Gasteiger partial charge in [-0.1, -0.05) is 6.92 Å². The van der Waals surface area contributed by atoms with Crippen molar-refractivity contribution in [3.8, 4) is 0 Å². The minimum Gasteiger partial charge on any atom is -0.468 e. The Balaban J connectivity index is 2.79. The van der Waals surface area contributed by atoms with Gasteiger partial charge in [0, 0.05) is 6.04 Å². The second-order valence-corrected chi connectivity index (χ2v) is 5.57. The molecule has 4 nitrogen and oxygen atoms in total. The highest BCUT2D eigenvalue weighted by molar-refractivity contribution is 5.82. The van der Waals surface area contributed by atoms with Crippen molar-refractivity contribution in [2.24, 2.45) is 5.92 Å². The number of rotatable bonds is 8. The SMILES string of the molecule is CCC(C)OCC(NC(C)C)(C(=O)OC)C1CC1. The average Bonchev–Trinajstić information content (AvgIpc) is 3.16. The lowest BCUT2D eigenvalue weighted by molar-refractivity contribution is -0.154. The molecule has 0 amide bonds. The van der Waals surface area contributed by atoms with Crippen molar-refractivity contribution in [1.82, 2.24) is 5.32 Å². The molecule has 0 bridgehead atoms. The normalized spacial score (nSPS) is 20.6. The van der Waals surface area contributed by atoms with Gasteiger partial charge in [0.25, 0.3) is 0 Å². The summed E-state index contributed by atoms with van der Waals surface area (Å²) < 4.78 is 10.8. The van der Waals surface area contributed by atoms with E-state index in [1.54, 1.807) is 0 Å². The molecule has 2 atom stereocenters. The highest BCUT2D eigenvalue weighted by Gasteiger charge is 2.52. The first-order valence-electron chi connectivity index (χ1n) is 6.94. The number of ether oxygens (including phenoxy) is 2. The van der Waals surface area contributed by atoms with Gasteiger partial charge >= 0.3 is 5.97 Å². The van der Waals surface area contributed by atoms with E-state index >= 15 is 0 Å². The summed E-state index contributed by atoms with van der Waals surface area (Å²) in [6.07, 6.45) is 3.25. The van der Waals surface area contributed by atoms with E-state index in [0.717, 1.165) is 19.3 Å². The van der Waals surface area contributed by atoms with Gasteiger partial charge in [0.15, 0.2) is 0 Å². The molecule has 1 aliphatic rings. The van der Waals surface area contributed by atoms with Crippen molar-refractivity contribution in [3.63, 3.8) is 0 Å². The third-order valence-electron chi connectivity index (χ3n) is 3.54. The van der Waals surface area contributed by atoms with Crippen LogP contribution in [-0.4, -0.2) is 37.4 Å². The Morgan fingerprint density at radius 3 is 2.39 bits per heavy atom. The van der Waals surface area contributed by atoms with Crippen LogP contribution >= 0.6 is 0 Å². The van der Waals surface area contributed by atoms with Crippen LogP contribution in [-0.2, 0) is 14.3 Å². The first-order chi connectivity index (χ1) is 8.46. The fourth-order valence-electron chi connectivity index (χ4n) is 2.23. The molecule has 1 aliphatic carbocycles. The Labute approximate surface area is 110 Å². The molecule has 0 aromatic rings. The molecule has 0 aromatic carbocycles. The molecule has 0 spiro atoms. The molecule has 0 radical (unpaired) electrons. The van der Waals surface area contributed by atoms with E-state index in [1.165, 1.54) is 7.11 Å². The summed E-state index contributed by atoms with van der Waals surface area (Å²) in [6, 6.07) is 0.227. The maximum Gasteiger partial charge on any atom is 0.328 e. The number of esters is 1. The van der Waals surface area contributed by atoms with Crippen LogP contribution in [0.1, 0.15) is 47.0 Å². The lowest BCUT2D eigenvalue weighted by atomic mass is 9.93. The number of nitrogens with one attached hydrogen (secondary N) is 1. The largest absolute Gasteiger partial charge is 0.468 e. The first kappa shape index (κ1) is 15.4. The van der Waals surface area contributed by atoms with Crippen LogP contribution in [0.4, 0.5) is 0 Å². The van der Waals surface area contributed by atoms with Gasteiger partial charge in [-0.3, -0.25) is 5.32 Å². The topological polar surface area (TPSA) is 47.6 Å². The van der Waals surface area contributed by atoms with Crippen LogP contribution in [0.2, 0.25) is 0 Å². The summed E-state index contributed by atoms with van der Waals surface area (Å²) in [7, 11) is 1.45. The Morgan fingerprint density at radius 2 is 2.00 bits per heavy atom. The lowest BCUT2D eigenvalue weighted by Gasteiger charge is -2.34. The van der Waals surface area contributed by atoms with Gasteiger partial charge < -0.3 is 9.47 Å². The van der Waals surface area contributed by atoms with Gasteiger partial charge in [0.2, 0.25) is 0 Å². The van der Waals surface area contributed by atoms with Crippen molar-refractivity contribution in [1.29, 1.82) is 0 Å². The third-order valence-corrected chi connectivity index (χ3v) is 3.54. The highest BCUT2D eigenvalue weighted by atomic mass is 16.5. The highest BCUT2D eigenvalue weighted by Crippen LogP contribution is 2.41. The van der Waals surface area contributed by atoms with Crippen LogP contribution in [0.25, 0.3) is 0 Å². The van der Waals surface area contributed by atoms with E-state index in [9.17, 15) is 4.79 Å². The average molecular weight is 257 g/mol. The second kappa shape index (κ2) is 6.53. The number of hydrogen-bond donors (Lipinski definition) is 1. The molecule has 4 heteroatoms. The van der Waals surface area contributed by atoms with E-state index in [-0.39, 0.29) is 18.1 Å². The zero-order chi connectivity index (χ0) is 13.8. The fraction of sp³-hybridized carbons (Fsp3) is 0.929. The molecule has 1 N–H and O–H groups in total. The summed E-state index contributed by atoms with van der Waals surface area (Å²) in [5.41, 5.74) is -0.660. The van der Waals surface area contributed by atoms with Crippen molar-refractivity contribution < 1.29 is 14.3 Å². The number of methoxy groups -OCH3 is 1. The van der Waals surface area contributed by atoms with Crippen molar-refractivity contribution in [2.45, 2.75) is 64.6 Å². The molecule has 106 valence electrons. The van der Waals surface area contributed by atoms with Crippen molar-refractivity contribution in [3.05, 3.63) is 0 Å². The molecule has 0 aromatic heterocycles. The van der Waals surface area contributed by atoms with Crippen LogP contribution in [0, 0.1) is 5.92 Å². The van der Waals surface area contributed by atoms with Crippen LogP contribution in [0.15, 0.2) is 0 Å². The second-order valence-electron chi connectivity index (χ2n) is 5.57. The summed E-state index contributed by atoms with van der Waals surface area (Å²) >= 11 is 0. The van der Waals surface area contributed by atoms with Crippen LogP contribution in [0.3, 0.4) is 0 Å². The molecule has 0 heterocycles. The van der Waals surface area contributed by atoms with E-state index in [0.29, 0.717) is 12.5 Å². The molecular formula is C14H27NO3. The van der Waals surface area contributed by atoms with Gasteiger partial charge in [-0.05, 0) is 46.0 Å². The molecular weight excluding hydrogens is 230 g/mol. The van der Waals surface area contributed by atoms with Crippen LogP contribution in [0.5, 0.6) is 0 Å². The molecule has 1 rings (SSSR count). The Hall–Kier alpha value is -0.610. The van der Waals surface area contributed by atoms with E-state index in [1.807, 2.05) is 20.8 Å². The molecule has 1 saturated carbocycles.